The minimum atomic E-state index is -0.0967. The van der Waals surface area contributed by atoms with Crippen LogP contribution in [0.5, 0.6) is 5.75 Å². The van der Waals surface area contributed by atoms with Crippen LogP contribution in [0, 0.1) is 6.92 Å². The fourth-order valence-corrected chi connectivity index (χ4v) is 3.98. The van der Waals surface area contributed by atoms with E-state index >= 15 is 0 Å². The van der Waals surface area contributed by atoms with Crippen molar-refractivity contribution in [3.05, 3.63) is 89.7 Å². The first-order chi connectivity index (χ1) is 14.2. The lowest BCUT2D eigenvalue weighted by atomic mass is 10.00. The van der Waals surface area contributed by atoms with Gasteiger partial charge >= 0.3 is 0 Å². The molecule has 1 aliphatic heterocycles. The third-order valence-corrected chi connectivity index (χ3v) is 5.36. The summed E-state index contributed by atoms with van der Waals surface area (Å²) in [6.07, 6.45) is 0.757. The Morgan fingerprint density at radius 2 is 1.86 bits per heavy atom. The van der Waals surface area contributed by atoms with Gasteiger partial charge in [0.2, 0.25) is 0 Å². The quantitative estimate of drug-likeness (QED) is 0.563. The summed E-state index contributed by atoms with van der Waals surface area (Å²) < 4.78 is 7.80. The van der Waals surface area contributed by atoms with Gasteiger partial charge in [-0.05, 0) is 43.3 Å². The molecule has 0 fully saturated rings. The second-order valence-corrected chi connectivity index (χ2v) is 7.23. The van der Waals surface area contributed by atoms with Crippen molar-refractivity contribution in [2.45, 2.75) is 19.4 Å². The van der Waals surface area contributed by atoms with Crippen LogP contribution in [-0.4, -0.2) is 22.1 Å². The fourth-order valence-electron chi connectivity index (χ4n) is 3.98. The van der Waals surface area contributed by atoms with Crippen LogP contribution in [0.3, 0.4) is 0 Å². The maximum Gasteiger partial charge on any atom is 0.251 e. The molecule has 0 spiro atoms. The van der Waals surface area contributed by atoms with Gasteiger partial charge in [-0.25, -0.2) is 4.98 Å². The van der Waals surface area contributed by atoms with Crippen LogP contribution in [0.1, 0.15) is 34.2 Å². The summed E-state index contributed by atoms with van der Waals surface area (Å²) in [4.78, 5) is 17.6. The smallest absolute Gasteiger partial charge is 0.251 e. The molecule has 0 bridgehead atoms. The minimum Gasteiger partial charge on any atom is -0.493 e. The van der Waals surface area contributed by atoms with E-state index < -0.39 is 0 Å². The fraction of sp³-hybridized carbons (Fsp3) is 0.167. The Kier molecular flexibility index (Phi) is 4.28. The summed E-state index contributed by atoms with van der Waals surface area (Å²) in [7, 11) is 0. The van der Waals surface area contributed by atoms with Crippen LogP contribution in [0.2, 0.25) is 0 Å². The Balaban J connectivity index is 1.45. The van der Waals surface area contributed by atoms with Crippen molar-refractivity contribution in [3.63, 3.8) is 0 Å². The molecule has 5 heteroatoms. The molecule has 1 aliphatic rings. The van der Waals surface area contributed by atoms with Gasteiger partial charge in [0.05, 0.1) is 23.7 Å². The summed E-state index contributed by atoms with van der Waals surface area (Å²) in [5, 5.41) is 3.16. The molecule has 5 nitrogen and oxygen atoms in total. The average Bonchev–Trinajstić information content (AvgIpc) is 3.09. The molecule has 4 aromatic rings. The molecule has 0 radical (unpaired) electrons. The molecule has 5 rings (SSSR count). The maximum atomic E-state index is 12.9. The van der Waals surface area contributed by atoms with Crippen molar-refractivity contribution in [1.29, 1.82) is 0 Å². The Bertz CT molecular complexity index is 1200. The molecule has 0 unspecified atom stereocenters. The second-order valence-electron chi connectivity index (χ2n) is 7.23. The Morgan fingerprint density at radius 3 is 2.72 bits per heavy atom. The number of nitrogens with zero attached hydrogens (tertiary/aromatic N) is 2. The van der Waals surface area contributed by atoms with E-state index in [-0.39, 0.29) is 11.9 Å². The number of hydrogen-bond donors (Lipinski definition) is 1. The normalized spacial score (nSPS) is 15.6. The van der Waals surface area contributed by atoms with Crippen LogP contribution < -0.4 is 10.1 Å². The molecule has 1 N–H and O–H groups in total. The number of para-hydroxylation sites is 2. The van der Waals surface area contributed by atoms with Gasteiger partial charge in [-0.2, -0.15) is 0 Å². The molecule has 1 aromatic heterocycles. The third kappa shape index (κ3) is 3.14. The monoisotopic (exact) mass is 383 g/mol. The zero-order chi connectivity index (χ0) is 19.8. The molecule has 1 atom stereocenters. The van der Waals surface area contributed by atoms with Crippen LogP contribution in [0.4, 0.5) is 0 Å². The first-order valence-corrected chi connectivity index (χ1v) is 9.78. The molecule has 144 valence electrons. The molecule has 0 saturated heterocycles. The highest BCUT2D eigenvalue weighted by molar-refractivity contribution is 5.98. The van der Waals surface area contributed by atoms with Gasteiger partial charge in [0.15, 0.2) is 0 Å². The summed E-state index contributed by atoms with van der Waals surface area (Å²) in [6.45, 7) is 2.58. The summed E-state index contributed by atoms with van der Waals surface area (Å²) in [5.74, 6) is 1.64. The summed E-state index contributed by atoms with van der Waals surface area (Å²) in [6, 6.07) is 23.6. The van der Waals surface area contributed by atoms with Crippen molar-refractivity contribution in [1.82, 2.24) is 14.9 Å². The zero-order valence-electron chi connectivity index (χ0n) is 16.1. The van der Waals surface area contributed by atoms with Crippen LogP contribution in [-0.2, 0) is 0 Å². The largest absolute Gasteiger partial charge is 0.493 e. The molecular weight excluding hydrogens is 362 g/mol. The number of aryl methyl sites for hydroxylation is 1. The molecule has 29 heavy (non-hydrogen) atoms. The number of imidazole rings is 1. The van der Waals surface area contributed by atoms with Crippen molar-refractivity contribution in [2.75, 3.05) is 6.61 Å². The third-order valence-electron chi connectivity index (χ3n) is 5.36. The zero-order valence-corrected chi connectivity index (χ0v) is 16.1. The molecule has 2 heterocycles. The van der Waals surface area contributed by atoms with Gasteiger partial charge in [0, 0.05) is 23.2 Å². The summed E-state index contributed by atoms with van der Waals surface area (Å²) in [5.41, 5.74) is 4.49. The number of ether oxygens (including phenoxy) is 1. The number of carbonyl (C=O) groups excluding carboxylic acids is 1. The molecule has 0 aliphatic carbocycles. The Labute approximate surface area is 169 Å². The van der Waals surface area contributed by atoms with Gasteiger partial charge < -0.3 is 10.1 Å². The SMILES string of the molecule is Cc1nc2cc(C(=O)N[C@@H]3CCOc4ccccc43)ccc2n1-c1ccccc1. The second kappa shape index (κ2) is 7.09. The average molecular weight is 383 g/mol. The van der Waals surface area contributed by atoms with Crippen LogP contribution in [0.15, 0.2) is 72.8 Å². The predicted molar refractivity (Wildman–Crippen MR) is 113 cm³/mol. The van der Waals surface area contributed by atoms with Crippen LogP contribution in [0.25, 0.3) is 16.7 Å². The topological polar surface area (TPSA) is 56.1 Å². The first kappa shape index (κ1) is 17.5. The van der Waals surface area contributed by atoms with Crippen molar-refractivity contribution < 1.29 is 9.53 Å². The highest BCUT2D eigenvalue weighted by atomic mass is 16.5. The standard InChI is InChI=1S/C24H21N3O2/c1-16-25-21-15-17(11-12-22(21)27(16)18-7-3-2-4-8-18)24(28)26-20-13-14-29-23-10-6-5-9-19(20)23/h2-12,15,20H,13-14H2,1H3,(H,26,28)/t20-/m1/s1. The van der Waals surface area contributed by atoms with Gasteiger partial charge in [0.25, 0.3) is 5.91 Å². The first-order valence-electron chi connectivity index (χ1n) is 9.78. The van der Waals surface area contributed by atoms with Gasteiger partial charge in [0.1, 0.15) is 11.6 Å². The highest BCUT2D eigenvalue weighted by Gasteiger charge is 2.23. The molecule has 3 aromatic carbocycles. The van der Waals surface area contributed by atoms with E-state index in [1.54, 1.807) is 0 Å². The number of amides is 1. The van der Waals surface area contributed by atoms with E-state index in [4.69, 9.17) is 4.74 Å². The molecule has 0 saturated carbocycles. The minimum absolute atomic E-state index is 0.0493. The summed E-state index contributed by atoms with van der Waals surface area (Å²) >= 11 is 0. The van der Waals surface area contributed by atoms with Crippen molar-refractivity contribution in [2.24, 2.45) is 0 Å². The number of fused-ring (bicyclic) bond motifs is 2. The molecule has 1 amide bonds. The van der Waals surface area contributed by atoms with E-state index in [2.05, 4.69) is 27.0 Å². The number of benzene rings is 3. The van der Waals surface area contributed by atoms with Gasteiger partial charge in [-0.15, -0.1) is 0 Å². The Hall–Kier alpha value is -3.60. The van der Waals surface area contributed by atoms with Gasteiger partial charge in [-0.3, -0.25) is 9.36 Å². The number of aromatic nitrogens is 2. The number of hydrogen-bond acceptors (Lipinski definition) is 3. The number of rotatable bonds is 3. The van der Waals surface area contributed by atoms with Crippen molar-refractivity contribution in [3.8, 4) is 11.4 Å². The maximum absolute atomic E-state index is 12.9. The Morgan fingerprint density at radius 1 is 1.07 bits per heavy atom. The van der Waals surface area contributed by atoms with E-state index in [0.29, 0.717) is 12.2 Å². The van der Waals surface area contributed by atoms with Gasteiger partial charge in [-0.1, -0.05) is 36.4 Å². The number of carbonyl (C=O) groups is 1. The lowest BCUT2D eigenvalue weighted by molar-refractivity contribution is 0.0925. The lowest BCUT2D eigenvalue weighted by Gasteiger charge is -2.26. The lowest BCUT2D eigenvalue weighted by Crippen LogP contribution is -2.32. The highest BCUT2D eigenvalue weighted by Crippen LogP contribution is 2.32. The van der Waals surface area contributed by atoms with E-state index in [1.165, 1.54) is 0 Å². The van der Waals surface area contributed by atoms with E-state index in [0.717, 1.165) is 40.3 Å². The van der Waals surface area contributed by atoms with E-state index in [1.807, 2.05) is 67.6 Å². The van der Waals surface area contributed by atoms with Crippen LogP contribution >= 0.6 is 0 Å². The van der Waals surface area contributed by atoms with E-state index in [9.17, 15) is 4.79 Å². The predicted octanol–water partition coefficient (Wildman–Crippen LogP) is 4.59. The molecular formula is C24H21N3O2. The number of nitrogens with one attached hydrogen (secondary N) is 1. The van der Waals surface area contributed by atoms with Crippen molar-refractivity contribution >= 4 is 16.9 Å².